The van der Waals surface area contributed by atoms with Gasteiger partial charge in [0, 0.05) is 239 Å². The summed E-state index contributed by atoms with van der Waals surface area (Å²) in [5, 5.41) is 62.3. The van der Waals surface area contributed by atoms with Crippen LogP contribution in [0.2, 0.25) is 5.02 Å². The van der Waals surface area contributed by atoms with Gasteiger partial charge in [-0.1, -0.05) is 39.3 Å². The number of fused-ring (bicyclic) bond motifs is 5. The molecule has 5 aliphatic rings. The van der Waals surface area contributed by atoms with E-state index in [0.717, 1.165) is 216 Å². The van der Waals surface area contributed by atoms with E-state index < -0.39 is 29.8 Å². The number of hydrogen-bond donors (Lipinski definition) is 10. The van der Waals surface area contributed by atoms with Gasteiger partial charge in [-0.15, -0.1) is 0 Å². The molecular weight excluding hydrogens is 1790 g/mol. The summed E-state index contributed by atoms with van der Waals surface area (Å²) >= 11 is 6.10. The summed E-state index contributed by atoms with van der Waals surface area (Å²) in [5.74, 6) is -1.42. The Labute approximate surface area is 811 Å². The molecule has 138 heavy (non-hydrogen) atoms. The summed E-state index contributed by atoms with van der Waals surface area (Å²) in [6.45, 7) is 13.2. The summed E-state index contributed by atoms with van der Waals surface area (Å²) in [6, 6.07) is 21.6. The highest BCUT2D eigenvalue weighted by molar-refractivity contribution is 6.38. The quantitative estimate of drug-likeness (QED) is 0.00976. The molecule has 3 unspecified atom stereocenters. The monoisotopic (exact) mass is 1920 g/mol. The number of nitrogens with two attached hydrogens (primary N) is 1. The molecule has 0 radical (unpaired) electrons. The Kier molecular flexibility index (Phi) is 48.8. The molecule has 11 N–H and O–H groups in total. The van der Waals surface area contributed by atoms with E-state index in [1.807, 2.05) is 49.1 Å². The van der Waals surface area contributed by atoms with Crippen LogP contribution in [0.3, 0.4) is 0 Å². The third kappa shape index (κ3) is 33.9. The van der Waals surface area contributed by atoms with Crippen LogP contribution in [0.4, 0.5) is 22.7 Å². The number of anilines is 4. The summed E-state index contributed by atoms with van der Waals surface area (Å²) in [7, 11) is 7.80. The molecule has 1 saturated carbocycles. The van der Waals surface area contributed by atoms with Gasteiger partial charge in [0.1, 0.15) is 83.5 Å². The molecule has 15 rings (SSSR count). The van der Waals surface area contributed by atoms with Crippen molar-refractivity contribution in [2.24, 2.45) is 11.7 Å². The van der Waals surface area contributed by atoms with E-state index in [1.165, 1.54) is 32.6 Å². The highest BCUT2D eigenvalue weighted by atomic mass is 35.5. The molecule has 5 fully saturated rings. The number of nitrogens with zero attached hydrogens (tertiary/aromatic N) is 14. The van der Waals surface area contributed by atoms with Crippen molar-refractivity contribution in [3.8, 4) is 30.3 Å². The van der Waals surface area contributed by atoms with E-state index in [2.05, 4.69) is 121 Å². The number of hydrogen-bond acceptors (Lipinski definition) is 34. The first-order chi connectivity index (χ1) is 66.5. The van der Waals surface area contributed by atoms with Gasteiger partial charge in [-0.2, -0.15) is 26.3 Å². The molecule has 0 bridgehead atoms. The number of carbonyl (C=O) groups is 5. The molecule has 40 heteroatoms. The number of aromatic nitrogens is 10. The minimum absolute atomic E-state index is 0. The third-order valence-electron chi connectivity index (χ3n) is 23.6. The number of methoxy groups -OCH3 is 5. The van der Waals surface area contributed by atoms with Gasteiger partial charge in [-0.3, -0.25) is 0 Å². The van der Waals surface area contributed by atoms with Crippen molar-refractivity contribution in [2.75, 3.05) is 201 Å². The van der Waals surface area contributed by atoms with Crippen molar-refractivity contribution in [2.45, 2.75) is 161 Å². The van der Waals surface area contributed by atoms with Crippen LogP contribution in [-0.4, -0.2) is 310 Å². The molecule has 10 aromatic heterocycles. The average molecular weight is 1920 g/mol. The van der Waals surface area contributed by atoms with E-state index in [0.29, 0.717) is 109 Å². The Bertz CT molecular complexity index is 5090. The Morgan fingerprint density at radius 1 is 0.370 bits per heavy atom. The second kappa shape index (κ2) is 60.8. The van der Waals surface area contributed by atoms with Crippen molar-refractivity contribution in [1.82, 2.24) is 69.4 Å². The zero-order valence-electron chi connectivity index (χ0n) is 78.2. The van der Waals surface area contributed by atoms with Gasteiger partial charge >= 0.3 is 29.8 Å². The smallest absolute Gasteiger partial charge is 0.341 e. The van der Waals surface area contributed by atoms with Crippen LogP contribution >= 0.6 is 11.6 Å². The number of pyridine rings is 5. The van der Waals surface area contributed by atoms with Crippen LogP contribution in [0.25, 0.3) is 55.2 Å². The number of aromatic amines is 5. The molecule has 1 aliphatic carbocycles. The Morgan fingerprint density at radius 2 is 0.623 bits per heavy atom. The van der Waals surface area contributed by atoms with Crippen molar-refractivity contribution < 1.29 is 71.3 Å². The van der Waals surface area contributed by atoms with Gasteiger partial charge in [0.15, 0.2) is 0 Å². The number of nitrogens with one attached hydrogen (secondary N) is 9. The first-order valence-corrected chi connectivity index (χ1v) is 46.7. The van der Waals surface area contributed by atoms with Gasteiger partial charge in [0.05, 0.1) is 96.7 Å². The van der Waals surface area contributed by atoms with Crippen LogP contribution in [0.15, 0.2) is 92.3 Å². The number of H-pyrrole nitrogens is 5. The number of likely N-dealkylation sites (tertiary alicyclic amines) is 4. The molecule has 0 amide bonds. The number of nitriles is 5. The van der Waals surface area contributed by atoms with Gasteiger partial charge in [-0.25, -0.2) is 48.9 Å². The molecule has 10 aromatic rings. The molecule has 4 aliphatic heterocycles. The summed E-state index contributed by atoms with van der Waals surface area (Å²) in [4.78, 5) is 108. The normalized spacial score (nSPS) is 17.6. The summed E-state index contributed by atoms with van der Waals surface area (Å²) in [5.41, 5.74) is 14.3. The number of ether oxygens (including phenoxy) is 10. The fraction of sp³-hybridized carbons (Fsp3) is 0.541. The zero-order valence-corrected chi connectivity index (χ0v) is 79.0. The van der Waals surface area contributed by atoms with Crippen molar-refractivity contribution >= 4 is 119 Å². The minimum Gasteiger partial charge on any atom is -0.460 e. The minimum atomic E-state index is -0.498. The van der Waals surface area contributed by atoms with Crippen molar-refractivity contribution in [3.63, 3.8) is 0 Å². The largest absolute Gasteiger partial charge is 0.460 e. The number of carbonyl (C=O) groups excluding carboxylic acids is 5. The highest BCUT2D eigenvalue weighted by Gasteiger charge is 2.31. The zero-order chi connectivity index (χ0) is 96.6. The first kappa shape index (κ1) is 111. The second-order valence-electron chi connectivity index (χ2n) is 33.3. The van der Waals surface area contributed by atoms with Crippen LogP contribution in [0, 0.1) is 62.6 Å². The van der Waals surface area contributed by atoms with Gasteiger partial charge in [-0.05, 0) is 133 Å². The van der Waals surface area contributed by atoms with Crippen LogP contribution < -0.4 is 27.0 Å². The predicted octanol–water partition coefficient (Wildman–Crippen LogP) is 13.7. The first-order valence-electron chi connectivity index (χ1n) is 46.3. The number of rotatable bonds is 38. The van der Waals surface area contributed by atoms with Crippen LogP contribution in [-0.2, 0) is 47.4 Å². The van der Waals surface area contributed by atoms with Gasteiger partial charge in [0.25, 0.3) is 0 Å². The third-order valence-corrected chi connectivity index (χ3v) is 24.0. The molecule has 6 atom stereocenters. The maximum atomic E-state index is 12.5. The van der Waals surface area contributed by atoms with E-state index in [9.17, 15) is 24.0 Å². The lowest BCUT2D eigenvalue weighted by Gasteiger charge is -2.33. The van der Waals surface area contributed by atoms with Crippen LogP contribution in [0.1, 0.15) is 182 Å². The molecule has 0 aromatic carbocycles. The number of piperidine rings is 4. The maximum Gasteiger partial charge on any atom is 0.341 e. The lowest BCUT2D eigenvalue weighted by molar-refractivity contribution is 0.0381. The molecule has 39 nitrogen and oxygen atoms in total. The van der Waals surface area contributed by atoms with E-state index >= 15 is 0 Å². The van der Waals surface area contributed by atoms with E-state index in [1.54, 1.807) is 65.5 Å². The van der Waals surface area contributed by atoms with E-state index in [4.69, 9.17) is 91.0 Å². The Balaban J connectivity index is 0.000000206. The fourth-order valence-electron chi connectivity index (χ4n) is 16.9. The highest BCUT2D eigenvalue weighted by Crippen LogP contribution is 2.35. The summed E-state index contributed by atoms with van der Waals surface area (Å²) in [6.07, 6.45) is 33.5. The molecule has 0 spiro atoms. The standard InChI is InChI=1S/4C19H25N5O3.C11H11ClN2O3.C9H16N2.2CH4/c4*1-26-10-11-27-19(25)16-12-22-18-15(5-7-21-18)17(16)23-14-4-2-8-24(13-14)9-3-6-20;1-16-4-5-17-11(15)8-6-14-10-7(9(8)12)2-3-13-10;10-6-2-4-8-3-1-5-9(11)7-8;;/h4*5,7,12,14H,2-4,8-11,13H2,1H3,(H2,21,22,23);2-3,6H,4-5H2,1H3,(H,13,14);8-9H,1-5,7,11H2;2*1H4/t3*14-;;;;;/m110...../s1. The van der Waals surface area contributed by atoms with Crippen molar-refractivity contribution in [3.05, 3.63) is 125 Å². The number of esters is 5. The second-order valence-corrected chi connectivity index (χ2v) is 33.7. The Morgan fingerprint density at radius 3 is 0.884 bits per heavy atom. The fourth-order valence-corrected chi connectivity index (χ4v) is 17.2. The van der Waals surface area contributed by atoms with Gasteiger partial charge in [0.2, 0.25) is 0 Å². The van der Waals surface area contributed by atoms with E-state index in [-0.39, 0.29) is 77.6 Å². The average Bonchev–Trinajstić information content (AvgIpc) is 1.61. The lowest BCUT2D eigenvalue weighted by atomic mass is 9.84. The molecule has 14 heterocycles. The topological polar surface area (TPSA) is 527 Å². The SMILES string of the molecule is C.C.COCCOC(=O)c1cnc2[nH]ccc2c1Cl.COCCOC(=O)c1cnc2[nH]ccc2c1NC1CCCN(CCC#N)C1.COCCOC(=O)c1cnc2[nH]ccc2c1N[C@@H]1CCCN(CCC#N)C1.COCCOC(=O)c1cnc2[nH]ccc2c1N[C@@H]1CCCN(CCC#N)C1.COCCOC(=O)c1cnc2[nH]ccc2c1N[C@H]1CCCN(CCC#N)C1.N#CCCC1CCCC(N)C1. The van der Waals surface area contributed by atoms with Gasteiger partial charge < -0.3 is 119 Å². The number of halogens is 1. The molecular formula is C98H135ClN24O15. The summed E-state index contributed by atoms with van der Waals surface area (Å²) < 4.78 is 50.7. The predicted molar refractivity (Wildman–Crippen MR) is 528 cm³/mol. The lowest BCUT2D eigenvalue weighted by Crippen LogP contribution is -2.42. The molecule has 4 saturated heterocycles. The van der Waals surface area contributed by atoms with Crippen molar-refractivity contribution in [1.29, 1.82) is 26.3 Å². The Hall–Kier alpha value is -12.7. The molecule has 744 valence electrons. The maximum absolute atomic E-state index is 12.5. The van der Waals surface area contributed by atoms with Crippen LogP contribution in [0.5, 0.6) is 0 Å².